The SMILES string of the molecule is CC(=O)CCCCC[C@H](NC(=O)OC(C)(C)C)c1nc(-c2ccccc2)c(-c2ccccc2)[nH]1. The number of imidazole rings is 1. The summed E-state index contributed by atoms with van der Waals surface area (Å²) in [5.74, 6) is 0.893. The molecule has 0 radical (unpaired) electrons. The molecule has 1 aromatic heterocycles. The number of benzene rings is 2. The number of carbonyl (C=O) groups excluding carboxylic acids is 2. The van der Waals surface area contributed by atoms with Gasteiger partial charge in [0.2, 0.25) is 0 Å². The number of nitrogens with zero attached hydrogens (tertiary/aromatic N) is 1. The van der Waals surface area contributed by atoms with Crippen LogP contribution in [0.15, 0.2) is 60.7 Å². The van der Waals surface area contributed by atoms with Crippen LogP contribution in [0.25, 0.3) is 22.5 Å². The van der Waals surface area contributed by atoms with Crippen molar-refractivity contribution in [2.24, 2.45) is 0 Å². The van der Waals surface area contributed by atoms with Crippen LogP contribution < -0.4 is 5.32 Å². The molecule has 0 fully saturated rings. The number of aromatic amines is 1. The topological polar surface area (TPSA) is 84.1 Å². The first kappa shape index (κ1) is 25.2. The molecule has 2 N–H and O–H groups in total. The van der Waals surface area contributed by atoms with Crippen molar-refractivity contribution in [2.75, 3.05) is 0 Å². The van der Waals surface area contributed by atoms with E-state index in [0.29, 0.717) is 18.7 Å². The van der Waals surface area contributed by atoms with Gasteiger partial charge in [0.1, 0.15) is 17.2 Å². The van der Waals surface area contributed by atoms with Crippen molar-refractivity contribution in [3.63, 3.8) is 0 Å². The smallest absolute Gasteiger partial charge is 0.408 e. The minimum atomic E-state index is -0.594. The summed E-state index contributed by atoms with van der Waals surface area (Å²) in [6, 6.07) is 19.7. The van der Waals surface area contributed by atoms with E-state index in [1.54, 1.807) is 6.92 Å². The van der Waals surface area contributed by atoms with E-state index in [1.165, 1.54) is 0 Å². The standard InChI is InChI=1S/C28H35N3O3/c1-20(32)14-8-5-13-19-23(29-27(33)34-28(2,3)4)26-30-24(21-15-9-6-10-16-21)25(31-26)22-17-11-7-12-18-22/h6-7,9-12,15-18,23H,5,8,13-14,19H2,1-4H3,(H,29,33)(H,30,31)/t23-/m0/s1. The van der Waals surface area contributed by atoms with Gasteiger partial charge in [0.15, 0.2) is 0 Å². The van der Waals surface area contributed by atoms with Gasteiger partial charge >= 0.3 is 6.09 Å². The fourth-order valence-electron chi connectivity index (χ4n) is 3.80. The van der Waals surface area contributed by atoms with Gasteiger partial charge in [-0.2, -0.15) is 0 Å². The Morgan fingerprint density at radius 3 is 2.15 bits per heavy atom. The van der Waals surface area contributed by atoms with Crippen LogP contribution in [-0.2, 0) is 9.53 Å². The summed E-state index contributed by atoms with van der Waals surface area (Å²) >= 11 is 0. The number of alkyl carbamates (subject to hydrolysis) is 1. The monoisotopic (exact) mass is 461 g/mol. The van der Waals surface area contributed by atoms with Gasteiger partial charge in [-0.25, -0.2) is 9.78 Å². The number of hydrogen-bond donors (Lipinski definition) is 2. The zero-order chi connectivity index (χ0) is 24.6. The lowest BCUT2D eigenvalue weighted by molar-refractivity contribution is -0.117. The number of H-pyrrole nitrogens is 1. The Morgan fingerprint density at radius 1 is 0.941 bits per heavy atom. The largest absolute Gasteiger partial charge is 0.444 e. The summed E-state index contributed by atoms with van der Waals surface area (Å²) < 4.78 is 5.52. The molecule has 3 aromatic rings. The second-order valence-electron chi connectivity index (χ2n) is 9.58. The van der Waals surface area contributed by atoms with Crippen LogP contribution in [-0.4, -0.2) is 27.4 Å². The lowest BCUT2D eigenvalue weighted by Crippen LogP contribution is -2.35. The van der Waals surface area contributed by atoms with Gasteiger partial charge in [0.05, 0.1) is 17.4 Å². The first-order chi connectivity index (χ1) is 16.2. The van der Waals surface area contributed by atoms with Crippen LogP contribution in [0.5, 0.6) is 0 Å². The lowest BCUT2D eigenvalue weighted by Gasteiger charge is -2.23. The van der Waals surface area contributed by atoms with Gasteiger partial charge in [-0.3, -0.25) is 0 Å². The van der Waals surface area contributed by atoms with Crippen LogP contribution >= 0.6 is 0 Å². The number of rotatable bonds is 10. The van der Waals surface area contributed by atoms with Crippen molar-refractivity contribution in [3.05, 3.63) is 66.5 Å². The molecule has 34 heavy (non-hydrogen) atoms. The molecule has 0 aliphatic rings. The molecule has 0 aliphatic carbocycles. The maximum Gasteiger partial charge on any atom is 0.408 e. The van der Waals surface area contributed by atoms with E-state index in [2.05, 4.69) is 10.3 Å². The number of unbranched alkanes of at least 4 members (excludes halogenated alkanes) is 2. The average Bonchev–Trinajstić information content (AvgIpc) is 3.23. The molecule has 1 amide bonds. The molecule has 1 heterocycles. The Kier molecular flexibility index (Phi) is 8.63. The van der Waals surface area contributed by atoms with E-state index in [-0.39, 0.29) is 11.8 Å². The van der Waals surface area contributed by atoms with E-state index >= 15 is 0 Å². The highest BCUT2D eigenvalue weighted by molar-refractivity contribution is 5.78. The first-order valence-corrected chi connectivity index (χ1v) is 11.9. The minimum absolute atomic E-state index is 0.203. The van der Waals surface area contributed by atoms with Gasteiger partial charge in [-0.15, -0.1) is 0 Å². The third-order valence-electron chi connectivity index (χ3n) is 5.37. The molecule has 0 saturated heterocycles. The third-order valence-corrected chi connectivity index (χ3v) is 5.37. The number of carbonyl (C=O) groups is 2. The summed E-state index contributed by atoms with van der Waals surface area (Å²) in [7, 11) is 0. The van der Waals surface area contributed by atoms with Crippen LogP contribution in [0.4, 0.5) is 4.79 Å². The van der Waals surface area contributed by atoms with Crippen LogP contribution in [0.2, 0.25) is 0 Å². The molecule has 6 nitrogen and oxygen atoms in total. The Bertz CT molecular complexity index is 1010. The predicted molar refractivity (Wildman–Crippen MR) is 135 cm³/mol. The molecule has 0 aliphatic heterocycles. The number of nitrogens with one attached hydrogen (secondary N) is 2. The molecule has 0 unspecified atom stereocenters. The zero-order valence-electron chi connectivity index (χ0n) is 20.6. The summed E-state index contributed by atoms with van der Waals surface area (Å²) in [6.07, 6.45) is 3.41. The van der Waals surface area contributed by atoms with Gasteiger partial charge in [0, 0.05) is 17.5 Å². The summed E-state index contributed by atoms with van der Waals surface area (Å²) in [4.78, 5) is 32.3. The second kappa shape index (κ2) is 11.6. The fourth-order valence-corrected chi connectivity index (χ4v) is 3.80. The first-order valence-electron chi connectivity index (χ1n) is 11.9. The number of ether oxygens (including phenoxy) is 1. The van der Waals surface area contributed by atoms with Crippen molar-refractivity contribution in [1.29, 1.82) is 0 Å². The Labute approximate surface area is 202 Å². The Hall–Kier alpha value is -3.41. The highest BCUT2D eigenvalue weighted by atomic mass is 16.6. The maximum absolute atomic E-state index is 12.6. The van der Waals surface area contributed by atoms with Gasteiger partial charge in [-0.1, -0.05) is 73.5 Å². The van der Waals surface area contributed by atoms with Crippen LogP contribution in [0.3, 0.4) is 0 Å². The van der Waals surface area contributed by atoms with Crippen molar-refractivity contribution >= 4 is 11.9 Å². The van der Waals surface area contributed by atoms with Crippen molar-refractivity contribution < 1.29 is 14.3 Å². The van der Waals surface area contributed by atoms with Crippen LogP contribution in [0, 0.1) is 0 Å². The molecule has 1 atom stereocenters. The number of aromatic nitrogens is 2. The number of hydrogen-bond acceptors (Lipinski definition) is 4. The predicted octanol–water partition coefficient (Wildman–Crippen LogP) is 6.85. The van der Waals surface area contributed by atoms with Crippen molar-refractivity contribution in [1.82, 2.24) is 15.3 Å². The van der Waals surface area contributed by atoms with E-state index in [1.807, 2.05) is 81.4 Å². The molecular weight excluding hydrogens is 426 g/mol. The quantitative estimate of drug-likeness (QED) is 0.323. The van der Waals surface area contributed by atoms with Crippen LogP contribution in [0.1, 0.15) is 71.7 Å². The minimum Gasteiger partial charge on any atom is -0.444 e. The van der Waals surface area contributed by atoms with E-state index in [9.17, 15) is 9.59 Å². The number of amides is 1. The molecule has 0 saturated carbocycles. The van der Waals surface area contributed by atoms with E-state index in [0.717, 1.165) is 41.8 Å². The molecule has 6 heteroatoms. The molecular formula is C28H35N3O3. The van der Waals surface area contributed by atoms with E-state index < -0.39 is 11.7 Å². The highest BCUT2D eigenvalue weighted by Gasteiger charge is 2.24. The molecule has 2 aromatic carbocycles. The summed E-state index contributed by atoms with van der Waals surface area (Å²) in [5, 5.41) is 3.01. The number of Topliss-reactive ketones (excluding diaryl/α,β-unsaturated/α-hetero) is 1. The Morgan fingerprint density at radius 2 is 1.56 bits per heavy atom. The third kappa shape index (κ3) is 7.58. The normalized spacial score (nSPS) is 12.2. The van der Waals surface area contributed by atoms with Gasteiger partial charge in [0.25, 0.3) is 0 Å². The van der Waals surface area contributed by atoms with Crippen molar-refractivity contribution in [3.8, 4) is 22.5 Å². The zero-order valence-corrected chi connectivity index (χ0v) is 20.6. The van der Waals surface area contributed by atoms with E-state index in [4.69, 9.17) is 9.72 Å². The second-order valence-corrected chi connectivity index (χ2v) is 9.58. The molecule has 0 spiro atoms. The number of ketones is 1. The van der Waals surface area contributed by atoms with Gasteiger partial charge < -0.3 is 19.8 Å². The highest BCUT2D eigenvalue weighted by Crippen LogP contribution is 2.32. The lowest BCUT2D eigenvalue weighted by atomic mass is 10.1. The molecule has 0 bridgehead atoms. The van der Waals surface area contributed by atoms with Gasteiger partial charge in [-0.05, 0) is 40.5 Å². The Balaban J connectivity index is 1.91. The fraction of sp³-hybridized carbons (Fsp3) is 0.393. The summed E-state index contributed by atoms with van der Waals surface area (Å²) in [6.45, 7) is 7.15. The molecule has 180 valence electrons. The maximum atomic E-state index is 12.6. The molecule has 3 rings (SSSR count). The average molecular weight is 462 g/mol. The van der Waals surface area contributed by atoms with Crippen molar-refractivity contribution in [2.45, 2.75) is 71.4 Å². The summed E-state index contributed by atoms with van der Waals surface area (Å²) in [5.41, 5.74) is 3.19.